The number of para-hydroxylation sites is 1. The van der Waals surface area contributed by atoms with Crippen LogP contribution in [0.25, 0.3) is 0 Å². The SMILES string of the molecule is CCc1cc(C(=O)NC2CCN(c3ccccc3F)C2)cc(=O)[nH]1. The highest BCUT2D eigenvalue weighted by Gasteiger charge is 2.26. The fourth-order valence-corrected chi connectivity index (χ4v) is 3.00. The maximum atomic E-state index is 13.9. The predicted molar refractivity (Wildman–Crippen MR) is 90.9 cm³/mol. The highest BCUT2D eigenvalue weighted by molar-refractivity contribution is 5.94. The molecule has 1 aliphatic rings. The quantitative estimate of drug-likeness (QED) is 0.903. The Kier molecular flexibility index (Phi) is 4.64. The lowest BCUT2D eigenvalue weighted by Gasteiger charge is -2.19. The molecule has 1 atom stereocenters. The molecule has 0 aliphatic carbocycles. The van der Waals surface area contributed by atoms with E-state index < -0.39 is 0 Å². The molecule has 0 saturated carbocycles. The number of aromatic nitrogens is 1. The second-order valence-corrected chi connectivity index (χ2v) is 5.97. The summed E-state index contributed by atoms with van der Waals surface area (Å²) in [5.41, 5.74) is 1.37. The minimum Gasteiger partial charge on any atom is -0.367 e. The van der Waals surface area contributed by atoms with Gasteiger partial charge in [-0.25, -0.2) is 4.39 Å². The fraction of sp³-hybridized carbons (Fsp3) is 0.333. The molecule has 1 fully saturated rings. The molecule has 3 rings (SSSR count). The summed E-state index contributed by atoms with van der Waals surface area (Å²) in [6, 6.07) is 9.56. The van der Waals surface area contributed by atoms with E-state index in [0.29, 0.717) is 30.8 Å². The Morgan fingerprint density at radius 2 is 2.17 bits per heavy atom. The van der Waals surface area contributed by atoms with Crippen LogP contribution in [0.3, 0.4) is 0 Å². The number of aromatic amines is 1. The number of pyridine rings is 1. The summed E-state index contributed by atoms with van der Waals surface area (Å²) in [6.07, 6.45) is 1.39. The van der Waals surface area contributed by atoms with Crippen molar-refractivity contribution in [3.63, 3.8) is 0 Å². The average molecular weight is 329 g/mol. The fourth-order valence-electron chi connectivity index (χ4n) is 3.00. The van der Waals surface area contributed by atoms with Crippen LogP contribution < -0.4 is 15.8 Å². The zero-order valence-electron chi connectivity index (χ0n) is 13.5. The molecule has 2 heterocycles. The number of hydrogen-bond acceptors (Lipinski definition) is 3. The van der Waals surface area contributed by atoms with Crippen LogP contribution in [0.5, 0.6) is 0 Å². The van der Waals surface area contributed by atoms with Crippen molar-refractivity contribution in [3.8, 4) is 0 Å². The monoisotopic (exact) mass is 329 g/mol. The molecule has 126 valence electrons. The summed E-state index contributed by atoms with van der Waals surface area (Å²) in [5, 5.41) is 2.94. The Balaban J connectivity index is 1.67. The Hall–Kier alpha value is -2.63. The number of nitrogens with zero attached hydrogens (tertiary/aromatic N) is 1. The van der Waals surface area contributed by atoms with Crippen LogP contribution in [-0.2, 0) is 6.42 Å². The van der Waals surface area contributed by atoms with Gasteiger partial charge in [0.1, 0.15) is 5.82 Å². The summed E-state index contributed by atoms with van der Waals surface area (Å²) in [5.74, 6) is -0.525. The first-order valence-corrected chi connectivity index (χ1v) is 8.10. The smallest absolute Gasteiger partial charge is 0.251 e. The molecule has 1 aliphatic heterocycles. The molecular formula is C18H20FN3O2. The van der Waals surface area contributed by atoms with E-state index in [1.807, 2.05) is 11.8 Å². The van der Waals surface area contributed by atoms with Gasteiger partial charge in [-0.15, -0.1) is 0 Å². The van der Waals surface area contributed by atoms with Crippen molar-refractivity contribution < 1.29 is 9.18 Å². The number of rotatable bonds is 4. The van der Waals surface area contributed by atoms with Crippen molar-refractivity contribution in [2.75, 3.05) is 18.0 Å². The zero-order chi connectivity index (χ0) is 17.1. The molecule has 1 saturated heterocycles. The second-order valence-electron chi connectivity index (χ2n) is 5.97. The third kappa shape index (κ3) is 3.48. The molecule has 1 amide bonds. The number of H-pyrrole nitrogens is 1. The standard InChI is InChI=1S/C18H20FN3O2/c1-2-13-9-12(10-17(23)20-13)18(24)21-14-7-8-22(11-14)16-6-4-3-5-15(16)19/h3-6,9-10,14H,2,7-8,11H2,1H3,(H,20,23)(H,21,24). The largest absolute Gasteiger partial charge is 0.367 e. The van der Waals surface area contributed by atoms with E-state index in [-0.39, 0.29) is 23.3 Å². The number of carbonyl (C=O) groups is 1. The van der Waals surface area contributed by atoms with Crippen LogP contribution in [0.15, 0.2) is 41.2 Å². The Morgan fingerprint density at radius 3 is 2.92 bits per heavy atom. The van der Waals surface area contributed by atoms with Gasteiger partial charge in [-0.2, -0.15) is 0 Å². The lowest BCUT2D eigenvalue weighted by atomic mass is 10.1. The molecule has 1 aromatic carbocycles. The molecular weight excluding hydrogens is 309 g/mol. The van der Waals surface area contributed by atoms with E-state index in [9.17, 15) is 14.0 Å². The summed E-state index contributed by atoms with van der Waals surface area (Å²) < 4.78 is 13.9. The molecule has 2 aromatic rings. The van der Waals surface area contributed by atoms with E-state index in [4.69, 9.17) is 0 Å². The summed E-state index contributed by atoms with van der Waals surface area (Å²) in [4.78, 5) is 28.6. The summed E-state index contributed by atoms with van der Waals surface area (Å²) in [7, 11) is 0. The van der Waals surface area contributed by atoms with Gasteiger partial charge in [-0.1, -0.05) is 19.1 Å². The van der Waals surface area contributed by atoms with Crippen molar-refractivity contribution in [1.29, 1.82) is 0 Å². The topological polar surface area (TPSA) is 65.2 Å². The van der Waals surface area contributed by atoms with Crippen LogP contribution in [-0.4, -0.2) is 30.0 Å². The third-order valence-electron chi connectivity index (χ3n) is 4.26. The van der Waals surface area contributed by atoms with Gasteiger partial charge in [0.25, 0.3) is 5.91 Å². The molecule has 1 aromatic heterocycles. The maximum absolute atomic E-state index is 13.9. The van der Waals surface area contributed by atoms with Crippen LogP contribution in [0.1, 0.15) is 29.4 Å². The van der Waals surface area contributed by atoms with Gasteiger partial charge < -0.3 is 15.2 Å². The predicted octanol–water partition coefficient (Wildman–Crippen LogP) is 2.09. The first-order valence-electron chi connectivity index (χ1n) is 8.10. The molecule has 24 heavy (non-hydrogen) atoms. The van der Waals surface area contributed by atoms with Crippen molar-refractivity contribution >= 4 is 11.6 Å². The third-order valence-corrected chi connectivity index (χ3v) is 4.26. The number of anilines is 1. The number of hydrogen-bond donors (Lipinski definition) is 2. The molecule has 0 bridgehead atoms. The van der Waals surface area contributed by atoms with E-state index in [2.05, 4.69) is 10.3 Å². The van der Waals surface area contributed by atoms with E-state index in [0.717, 1.165) is 12.1 Å². The Labute approximate surface area is 139 Å². The summed E-state index contributed by atoms with van der Waals surface area (Å²) >= 11 is 0. The van der Waals surface area contributed by atoms with Gasteiger partial charge in [0, 0.05) is 36.5 Å². The number of benzene rings is 1. The van der Waals surface area contributed by atoms with Crippen molar-refractivity contribution in [3.05, 3.63) is 63.8 Å². The van der Waals surface area contributed by atoms with Crippen molar-refractivity contribution in [1.82, 2.24) is 10.3 Å². The van der Waals surface area contributed by atoms with Gasteiger partial charge in [0.05, 0.1) is 5.69 Å². The highest BCUT2D eigenvalue weighted by Crippen LogP contribution is 2.23. The number of aryl methyl sites for hydroxylation is 1. The molecule has 2 N–H and O–H groups in total. The number of carbonyl (C=O) groups excluding carboxylic acids is 1. The van der Waals surface area contributed by atoms with Gasteiger partial charge in [-0.3, -0.25) is 9.59 Å². The highest BCUT2D eigenvalue weighted by atomic mass is 19.1. The zero-order valence-corrected chi connectivity index (χ0v) is 13.5. The van der Waals surface area contributed by atoms with E-state index in [1.165, 1.54) is 12.1 Å². The minimum atomic E-state index is -0.279. The minimum absolute atomic E-state index is 0.0681. The van der Waals surface area contributed by atoms with Gasteiger partial charge in [0.15, 0.2) is 0 Å². The molecule has 0 radical (unpaired) electrons. The van der Waals surface area contributed by atoms with Crippen molar-refractivity contribution in [2.24, 2.45) is 0 Å². The summed E-state index contributed by atoms with van der Waals surface area (Å²) in [6.45, 7) is 3.15. The van der Waals surface area contributed by atoms with E-state index in [1.54, 1.807) is 24.3 Å². The molecule has 5 nitrogen and oxygen atoms in total. The number of halogens is 1. The Morgan fingerprint density at radius 1 is 1.38 bits per heavy atom. The van der Waals surface area contributed by atoms with Gasteiger partial charge >= 0.3 is 0 Å². The normalized spacial score (nSPS) is 17.1. The van der Waals surface area contributed by atoms with Gasteiger partial charge in [-0.05, 0) is 31.0 Å². The first kappa shape index (κ1) is 16.2. The maximum Gasteiger partial charge on any atom is 0.251 e. The lowest BCUT2D eigenvalue weighted by molar-refractivity contribution is 0.0940. The molecule has 1 unspecified atom stereocenters. The number of amides is 1. The Bertz CT molecular complexity index is 803. The van der Waals surface area contributed by atoms with E-state index >= 15 is 0 Å². The number of nitrogens with one attached hydrogen (secondary N) is 2. The van der Waals surface area contributed by atoms with Crippen LogP contribution >= 0.6 is 0 Å². The van der Waals surface area contributed by atoms with Crippen molar-refractivity contribution in [2.45, 2.75) is 25.8 Å². The first-order chi connectivity index (χ1) is 11.6. The molecule has 0 spiro atoms. The van der Waals surface area contributed by atoms with Crippen LogP contribution in [0.4, 0.5) is 10.1 Å². The van der Waals surface area contributed by atoms with Crippen LogP contribution in [0, 0.1) is 5.82 Å². The average Bonchev–Trinajstić information content (AvgIpc) is 3.02. The lowest BCUT2D eigenvalue weighted by Crippen LogP contribution is -2.37. The second kappa shape index (κ2) is 6.86. The van der Waals surface area contributed by atoms with Crippen LogP contribution in [0.2, 0.25) is 0 Å². The molecule has 6 heteroatoms. The van der Waals surface area contributed by atoms with Gasteiger partial charge in [0.2, 0.25) is 5.56 Å².